The third kappa shape index (κ3) is 4.45. The molecule has 0 aliphatic carbocycles. The van der Waals surface area contributed by atoms with Gasteiger partial charge in [-0.1, -0.05) is 52.5 Å². The van der Waals surface area contributed by atoms with E-state index >= 15 is 0 Å². The van der Waals surface area contributed by atoms with Crippen LogP contribution in [0.5, 0.6) is 0 Å². The summed E-state index contributed by atoms with van der Waals surface area (Å²) in [5, 5.41) is 3.94. The highest BCUT2D eigenvalue weighted by atomic mass is 35.5. The minimum atomic E-state index is -3.47. The monoisotopic (exact) mass is 520 g/mol. The summed E-state index contributed by atoms with van der Waals surface area (Å²) in [4.78, 5) is 7.03. The zero-order valence-electron chi connectivity index (χ0n) is 15.5. The molecule has 0 saturated carbocycles. The standard InChI is InChI=1S/C20H16Cl4N2O2S2/c21-15-3-1-12(9-17(15)23)19-11-29-20(25-19)26-7-5-13(6-8-26)30(27,28)14-2-4-16(22)18(24)10-14/h1-4,9-11,13H,5-8H2. The van der Waals surface area contributed by atoms with Gasteiger partial charge in [-0.3, -0.25) is 0 Å². The van der Waals surface area contributed by atoms with Crippen molar-refractivity contribution in [3.05, 3.63) is 61.9 Å². The molecule has 1 fully saturated rings. The van der Waals surface area contributed by atoms with Crippen molar-refractivity contribution in [2.24, 2.45) is 0 Å². The Morgan fingerprint density at radius 1 is 0.900 bits per heavy atom. The molecule has 1 aromatic heterocycles. The molecule has 0 amide bonds. The average molecular weight is 522 g/mol. The quantitative estimate of drug-likeness (QED) is 0.376. The summed E-state index contributed by atoms with van der Waals surface area (Å²) in [6.07, 6.45) is 1.04. The molecule has 10 heteroatoms. The second kappa shape index (κ2) is 8.85. The zero-order valence-corrected chi connectivity index (χ0v) is 20.1. The lowest BCUT2D eigenvalue weighted by Crippen LogP contribution is -2.39. The van der Waals surface area contributed by atoms with E-state index in [9.17, 15) is 8.42 Å². The van der Waals surface area contributed by atoms with E-state index in [4.69, 9.17) is 51.4 Å². The van der Waals surface area contributed by atoms with Crippen LogP contribution in [0.4, 0.5) is 5.13 Å². The molecule has 1 aliphatic heterocycles. The number of halogens is 4. The molecular weight excluding hydrogens is 506 g/mol. The van der Waals surface area contributed by atoms with Crippen molar-refractivity contribution in [1.82, 2.24) is 4.98 Å². The highest BCUT2D eigenvalue weighted by molar-refractivity contribution is 7.92. The van der Waals surface area contributed by atoms with E-state index in [2.05, 4.69) is 4.90 Å². The van der Waals surface area contributed by atoms with E-state index in [0.29, 0.717) is 41.0 Å². The maximum Gasteiger partial charge on any atom is 0.185 e. The summed E-state index contributed by atoms with van der Waals surface area (Å²) in [6.45, 7) is 1.22. The molecule has 0 N–H and O–H groups in total. The molecule has 4 rings (SSSR count). The third-order valence-corrected chi connectivity index (χ3v) is 9.72. The van der Waals surface area contributed by atoms with Gasteiger partial charge in [0, 0.05) is 24.0 Å². The molecule has 0 radical (unpaired) electrons. The molecule has 30 heavy (non-hydrogen) atoms. The SMILES string of the molecule is O=S(=O)(c1ccc(Cl)c(Cl)c1)C1CCN(c2nc(-c3ccc(Cl)c(Cl)c3)cs2)CC1. The Labute approximate surface area is 199 Å². The summed E-state index contributed by atoms with van der Waals surface area (Å²) in [7, 11) is -3.47. The van der Waals surface area contributed by atoms with Crippen molar-refractivity contribution in [2.45, 2.75) is 23.0 Å². The Balaban J connectivity index is 1.46. The number of anilines is 1. The average Bonchev–Trinajstić information content (AvgIpc) is 3.22. The first kappa shape index (κ1) is 22.2. The van der Waals surface area contributed by atoms with Gasteiger partial charge in [0.15, 0.2) is 15.0 Å². The van der Waals surface area contributed by atoms with Crippen molar-refractivity contribution in [3.63, 3.8) is 0 Å². The predicted molar refractivity (Wildman–Crippen MR) is 126 cm³/mol. The highest BCUT2D eigenvalue weighted by Crippen LogP contribution is 2.34. The normalized spacial score (nSPS) is 15.5. The smallest absolute Gasteiger partial charge is 0.185 e. The molecule has 2 aromatic carbocycles. The van der Waals surface area contributed by atoms with E-state index in [1.54, 1.807) is 12.1 Å². The Hall–Kier alpha value is -1.02. The van der Waals surface area contributed by atoms with Crippen molar-refractivity contribution >= 4 is 72.7 Å². The number of thiazole rings is 1. The molecule has 0 unspecified atom stereocenters. The Morgan fingerprint density at radius 3 is 2.17 bits per heavy atom. The van der Waals surface area contributed by atoms with E-state index in [1.165, 1.54) is 29.5 Å². The minimum Gasteiger partial charge on any atom is -0.348 e. The van der Waals surface area contributed by atoms with Crippen LogP contribution in [0.15, 0.2) is 46.7 Å². The molecule has 2 heterocycles. The van der Waals surface area contributed by atoms with Gasteiger partial charge in [-0.25, -0.2) is 13.4 Å². The fraction of sp³-hybridized carbons (Fsp3) is 0.250. The van der Waals surface area contributed by atoms with Crippen molar-refractivity contribution in [2.75, 3.05) is 18.0 Å². The van der Waals surface area contributed by atoms with Crippen molar-refractivity contribution in [3.8, 4) is 11.3 Å². The second-order valence-electron chi connectivity index (χ2n) is 6.95. The lowest BCUT2D eigenvalue weighted by atomic mass is 10.1. The first-order chi connectivity index (χ1) is 14.3. The van der Waals surface area contributed by atoms with Crippen LogP contribution in [-0.4, -0.2) is 31.7 Å². The topological polar surface area (TPSA) is 50.3 Å². The second-order valence-corrected chi connectivity index (χ2v) is 11.6. The molecule has 1 aliphatic rings. The number of rotatable bonds is 4. The number of aromatic nitrogens is 1. The molecule has 158 valence electrons. The Bertz CT molecular complexity index is 1190. The molecule has 0 bridgehead atoms. The van der Waals surface area contributed by atoms with Gasteiger partial charge in [0.25, 0.3) is 0 Å². The van der Waals surface area contributed by atoms with Crippen LogP contribution in [0.2, 0.25) is 20.1 Å². The molecular formula is C20H16Cl4N2O2S2. The maximum atomic E-state index is 13.0. The van der Waals surface area contributed by atoms with Crippen LogP contribution in [0.25, 0.3) is 11.3 Å². The zero-order chi connectivity index (χ0) is 21.5. The number of sulfone groups is 1. The van der Waals surface area contributed by atoms with Crippen LogP contribution in [0, 0.1) is 0 Å². The number of nitrogens with zero attached hydrogens (tertiary/aromatic N) is 2. The van der Waals surface area contributed by atoms with Crippen LogP contribution in [-0.2, 0) is 9.84 Å². The fourth-order valence-electron chi connectivity index (χ4n) is 3.40. The lowest BCUT2D eigenvalue weighted by molar-refractivity contribution is 0.529. The fourth-order valence-corrected chi connectivity index (χ4v) is 6.71. The van der Waals surface area contributed by atoms with Gasteiger partial charge in [-0.15, -0.1) is 11.3 Å². The van der Waals surface area contributed by atoms with E-state index in [0.717, 1.165) is 16.4 Å². The number of hydrogen-bond donors (Lipinski definition) is 0. The molecule has 0 atom stereocenters. The largest absolute Gasteiger partial charge is 0.348 e. The summed E-state index contributed by atoms with van der Waals surface area (Å²) in [5.41, 5.74) is 1.71. The van der Waals surface area contributed by atoms with Crippen molar-refractivity contribution < 1.29 is 8.42 Å². The van der Waals surface area contributed by atoms with Crippen LogP contribution in [0.1, 0.15) is 12.8 Å². The predicted octanol–water partition coefficient (Wildman–Crippen LogP) is 6.87. The molecule has 3 aromatic rings. The Morgan fingerprint density at radius 2 is 1.53 bits per heavy atom. The van der Waals surface area contributed by atoms with Crippen LogP contribution in [0.3, 0.4) is 0 Å². The van der Waals surface area contributed by atoms with Crippen LogP contribution < -0.4 is 4.90 Å². The highest BCUT2D eigenvalue weighted by Gasteiger charge is 2.32. The maximum absolute atomic E-state index is 13.0. The van der Waals surface area contributed by atoms with E-state index in [-0.39, 0.29) is 9.92 Å². The lowest BCUT2D eigenvalue weighted by Gasteiger charge is -2.31. The first-order valence-electron chi connectivity index (χ1n) is 9.10. The van der Waals surface area contributed by atoms with E-state index in [1.807, 2.05) is 11.4 Å². The third-order valence-electron chi connectivity index (χ3n) is 5.08. The number of hydrogen-bond acceptors (Lipinski definition) is 5. The summed E-state index contributed by atoms with van der Waals surface area (Å²) in [6, 6.07) is 9.88. The molecule has 1 saturated heterocycles. The van der Waals surface area contributed by atoms with Crippen LogP contribution >= 0.6 is 57.7 Å². The van der Waals surface area contributed by atoms with Gasteiger partial charge >= 0.3 is 0 Å². The van der Waals surface area contributed by atoms with E-state index < -0.39 is 15.1 Å². The number of benzene rings is 2. The van der Waals surface area contributed by atoms with Gasteiger partial charge in [0.2, 0.25) is 0 Å². The summed E-state index contributed by atoms with van der Waals surface area (Å²) < 4.78 is 26.0. The molecule has 4 nitrogen and oxygen atoms in total. The van der Waals surface area contributed by atoms with Gasteiger partial charge in [-0.2, -0.15) is 0 Å². The van der Waals surface area contributed by atoms with Gasteiger partial charge in [0.05, 0.1) is 35.9 Å². The molecule has 0 spiro atoms. The van der Waals surface area contributed by atoms with Gasteiger partial charge < -0.3 is 4.90 Å². The summed E-state index contributed by atoms with van der Waals surface area (Å²) >= 11 is 25.5. The summed E-state index contributed by atoms with van der Waals surface area (Å²) in [5.74, 6) is 0. The Kier molecular flexibility index (Phi) is 6.54. The van der Waals surface area contributed by atoms with Crippen molar-refractivity contribution in [1.29, 1.82) is 0 Å². The van der Waals surface area contributed by atoms with Gasteiger partial charge in [0.1, 0.15) is 0 Å². The van der Waals surface area contributed by atoms with Gasteiger partial charge in [-0.05, 0) is 43.2 Å². The number of piperidine rings is 1. The minimum absolute atomic E-state index is 0.214. The first-order valence-corrected chi connectivity index (χ1v) is 13.0.